The molecule has 1 N–H and O–H groups in total. The number of amides is 1. The van der Waals surface area contributed by atoms with E-state index in [2.05, 4.69) is 29.5 Å². The monoisotopic (exact) mass is 348 g/mol. The molecule has 0 bridgehead atoms. The summed E-state index contributed by atoms with van der Waals surface area (Å²) in [6.45, 7) is 10.1. The Hall–Kier alpha value is -2.08. The number of carbonyl (C=O) groups excluding carboxylic acids is 1. The highest BCUT2D eigenvalue weighted by Gasteiger charge is 2.16. The minimum absolute atomic E-state index is 0.410. The number of rotatable bonds is 5. The molecule has 0 saturated heterocycles. The second-order valence-electron chi connectivity index (χ2n) is 6.76. The highest BCUT2D eigenvalue weighted by Crippen LogP contribution is 2.22. The number of hydrogen-bond donors (Lipinski definition) is 1. The quantitative estimate of drug-likeness (QED) is 0.807. The van der Waals surface area contributed by atoms with Gasteiger partial charge in [-0.1, -0.05) is 19.9 Å². The van der Waals surface area contributed by atoms with Gasteiger partial charge in [-0.05, 0) is 38.8 Å². The molecule has 24 heavy (non-hydrogen) atoms. The summed E-state index contributed by atoms with van der Waals surface area (Å²) in [5, 5.41) is 5.70. The van der Waals surface area contributed by atoms with Gasteiger partial charge in [0.2, 0.25) is 0 Å². The predicted octanol–water partition coefficient (Wildman–Crippen LogP) is 5.19. The SMILES string of the molecule is CC(C)c1csc(COc2cccc(NC(=O)OC(C)(C)C)c2)n1. The lowest BCUT2D eigenvalue weighted by atomic mass is 10.2. The summed E-state index contributed by atoms with van der Waals surface area (Å²) in [5.41, 5.74) is 1.18. The maximum atomic E-state index is 11.8. The number of nitrogens with one attached hydrogen (secondary N) is 1. The molecule has 0 aliphatic rings. The van der Waals surface area contributed by atoms with Crippen molar-refractivity contribution in [2.45, 2.75) is 52.7 Å². The van der Waals surface area contributed by atoms with Crippen LogP contribution in [0.15, 0.2) is 29.6 Å². The van der Waals surface area contributed by atoms with E-state index in [1.807, 2.05) is 32.9 Å². The molecule has 0 saturated carbocycles. The minimum Gasteiger partial charge on any atom is -0.486 e. The van der Waals surface area contributed by atoms with Crippen molar-refractivity contribution in [3.8, 4) is 5.75 Å². The van der Waals surface area contributed by atoms with Gasteiger partial charge in [0.25, 0.3) is 0 Å². The summed E-state index contributed by atoms with van der Waals surface area (Å²) >= 11 is 1.59. The fourth-order valence-electron chi connectivity index (χ4n) is 1.89. The number of carbonyl (C=O) groups is 1. The van der Waals surface area contributed by atoms with E-state index in [0.29, 0.717) is 24.0 Å². The maximum absolute atomic E-state index is 11.8. The van der Waals surface area contributed by atoms with Crippen LogP contribution in [0.25, 0.3) is 0 Å². The van der Waals surface area contributed by atoms with Crippen molar-refractivity contribution in [3.63, 3.8) is 0 Å². The van der Waals surface area contributed by atoms with Gasteiger partial charge >= 0.3 is 6.09 Å². The summed E-state index contributed by atoms with van der Waals surface area (Å²) < 4.78 is 11.0. The van der Waals surface area contributed by atoms with Crippen LogP contribution in [0.4, 0.5) is 10.5 Å². The molecule has 6 heteroatoms. The third-order valence-electron chi connectivity index (χ3n) is 3.00. The summed E-state index contributed by atoms with van der Waals surface area (Å²) in [7, 11) is 0. The molecule has 2 rings (SSSR count). The molecule has 1 heterocycles. The van der Waals surface area contributed by atoms with Crippen LogP contribution in [-0.2, 0) is 11.3 Å². The van der Waals surface area contributed by atoms with E-state index in [4.69, 9.17) is 9.47 Å². The predicted molar refractivity (Wildman–Crippen MR) is 96.8 cm³/mol. The highest BCUT2D eigenvalue weighted by molar-refractivity contribution is 7.09. The van der Waals surface area contributed by atoms with Crippen LogP contribution in [0.2, 0.25) is 0 Å². The van der Waals surface area contributed by atoms with Crippen molar-refractivity contribution in [1.29, 1.82) is 0 Å². The molecule has 1 aromatic carbocycles. The van der Waals surface area contributed by atoms with Crippen LogP contribution in [0.3, 0.4) is 0 Å². The standard InChI is InChI=1S/C18H24N2O3S/c1-12(2)15-11-24-16(20-15)10-22-14-8-6-7-13(9-14)19-17(21)23-18(3,4)5/h6-9,11-12H,10H2,1-5H3,(H,19,21). The second-order valence-corrected chi connectivity index (χ2v) is 7.71. The lowest BCUT2D eigenvalue weighted by molar-refractivity contribution is 0.0636. The molecule has 0 unspecified atom stereocenters. The van der Waals surface area contributed by atoms with Crippen molar-refractivity contribution >= 4 is 23.1 Å². The number of nitrogens with zero attached hydrogens (tertiary/aromatic N) is 1. The van der Waals surface area contributed by atoms with Crippen molar-refractivity contribution in [2.24, 2.45) is 0 Å². The Kier molecular flexibility index (Phi) is 5.83. The largest absolute Gasteiger partial charge is 0.486 e. The van der Waals surface area contributed by atoms with E-state index in [1.165, 1.54) is 0 Å². The molecule has 5 nitrogen and oxygen atoms in total. The number of anilines is 1. The third-order valence-corrected chi connectivity index (χ3v) is 3.84. The molecule has 0 spiro atoms. The van der Waals surface area contributed by atoms with E-state index in [0.717, 1.165) is 10.7 Å². The van der Waals surface area contributed by atoms with Gasteiger partial charge in [-0.3, -0.25) is 5.32 Å². The fourth-order valence-corrected chi connectivity index (χ4v) is 2.75. The fraction of sp³-hybridized carbons (Fsp3) is 0.444. The Morgan fingerprint density at radius 3 is 2.71 bits per heavy atom. The molecular weight excluding hydrogens is 324 g/mol. The first-order valence-corrected chi connectivity index (χ1v) is 8.78. The Morgan fingerprint density at radius 2 is 2.08 bits per heavy atom. The Morgan fingerprint density at radius 1 is 1.33 bits per heavy atom. The van der Waals surface area contributed by atoms with Gasteiger partial charge < -0.3 is 9.47 Å². The average molecular weight is 348 g/mol. The molecule has 1 amide bonds. The average Bonchev–Trinajstić information content (AvgIpc) is 2.92. The molecule has 130 valence electrons. The van der Waals surface area contributed by atoms with E-state index < -0.39 is 11.7 Å². The number of aromatic nitrogens is 1. The summed E-state index contributed by atoms with van der Waals surface area (Å²) in [6, 6.07) is 7.22. The molecule has 0 atom stereocenters. The molecule has 0 aliphatic heterocycles. The van der Waals surface area contributed by atoms with Crippen molar-refractivity contribution in [2.75, 3.05) is 5.32 Å². The first-order chi connectivity index (χ1) is 11.2. The van der Waals surface area contributed by atoms with Gasteiger partial charge in [0.1, 0.15) is 23.0 Å². The zero-order valence-corrected chi connectivity index (χ0v) is 15.6. The van der Waals surface area contributed by atoms with E-state index in [1.54, 1.807) is 23.5 Å². The first kappa shape index (κ1) is 18.3. The Balaban J connectivity index is 1.93. The highest BCUT2D eigenvalue weighted by atomic mass is 32.1. The van der Waals surface area contributed by atoms with E-state index >= 15 is 0 Å². The molecule has 0 aliphatic carbocycles. The lowest BCUT2D eigenvalue weighted by Gasteiger charge is -2.19. The number of ether oxygens (including phenoxy) is 2. The molecule has 0 fully saturated rings. The van der Waals surface area contributed by atoms with Gasteiger partial charge in [0, 0.05) is 17.1 Å². The van der Waals surface area contributed by atoms with Gasteiger partial charge in [-0.2, -0.15) is 0 Å². The van der Waals surface area contributed by atoms with Crippen LogP contribution in [-0.4, -0.2) is 16.7 Å². The number of thiazole rings is 1. The van der Waals surface area contributed by atoms with Crippen molar-refractivity contribution < 1.29 is 14.3 Å². The zero-order chi connectivity index (χ0) is 17.7. The normalized spacial score (nSPS) is 11.4. The van der Waals surface area contributed by atoms with Crippen molar-refractivity contribution in [1.82, 2.24) is 4.98 Å². The van der Waals surface area contributed by atoms with Crippen LogP contribution in [0.5, 0.6) is 5.75 Å². The summed E-state index contributed by atoms with van der Waals surface area (Å²) in [4.78, 5) is 16.3. The van der Waals surface area contributed by atoms with Crippen LogP contribution in [0, 0.1) is 0 Å². The van der Waals surface area contributed by atoms with Crippen LogP contribution in [0.1, 0.15) is 51.2 Å². The van der Waals surface area contributed by atoms with Gasteiger partial charge in [-0.15, -0.1) is 11.3 Å². The van der Waals surface area contributed by atoms with Crippen LogP contribution >= 0.6 is 11.3 Å². The Labute approximate surface area is 147 Å². The molecule has 2 aromatic rings. The molecule has 1 aromatic heterocycles. The zero-order valence-electron chi connectivity index (χ0n) is 14.8. The van der Waals surface area contributed by atoms with Crippen molar-refractivity contribution in [3.05, 3.63) is 40.3 Å². The van der Waals surface area contributed by atoms with E-state index in [-0.39, 0.29) is 0 Å². The lowest BCUT2D eigenvalue weighted by Crippen LogP contribution is -2.27. The number of hydrogen-bond acceptors (Lipinski definition) is 5. The smallest absolute Gasteiger partial charge is 0.412 e. The van der Waals surface area contributed by atoms with Gasteiger partial charge in [0.05, 0.1) is 5.69 Å². The second kappa shape index (κ2) is 7.66. The number of benzene rings is 1. The first-order valence-electron chi connectivity index (χ1n) is 7.90. The topological polar surface area (TPSA) is 60.5 Å². The van der Waals surface area contributed by atoms with Crippen LogP contribution < -0.4 is 10.1 Å². The maximum Gasteiger partial charge on any atom is 0.412 e. The molecule has 0 radical (unpaired) electrons. The molecular formula is C18H24N2O3S. The van der Waals surface area contributed by atoms with E-state index in [9.17, 15) is 4.79 Å². The van der Waals surface area contributed by atoms with Gasteiger partial charge in [0.15, 0.2) is 0 Å². The summed E-state index contributed by atoms with van der Waals surface area (Å²) in [5.74, 6) is 1.08. The Bertz CT molecular complexity index is 690. The third kappa shape index (κ3) is 5.85. The minimum atomic E-state index is -0.531. The summed E-state index contributed by atoms with van der Waals surface area (Å²) in [6.07, 6.45) is -0.485. The van der Waals surface area contributed by atoms with Gasteiger partial charge in [-0.25, -0.2) is 9.78 Å².